The molecule has 0 saturated carbocycles. The molecule has 0 unspecified atom stereocenters. The number of aromatic carboxylic acids is 1. The summed E-state index contributed by atoms with van der Waals surface area (Å²) < 4.78 is 51.0. The molecule has 0 spiro atoms. The summed E-state index contributed by atoms with van der Waals surface area (Å²) in [6, 6.07) is 7.22. The molecule has 2 aromatic rings. The number of alkyl halides is 3. The molecule has 2 nitrogen and oxygen atoms in total. The number of benzene rings is 2. The van der Waals surface area contributed by atoms with E-state index in [0.29, 0.717) is 0 Å². The second-order valence-corrected chi connectivity index (χ2v) is 4.07. The van der Waals surface area contributed by atoms with Gasteiger partial charge >= 0.3 is 12.1 Å². The van der Waals surface area contributed by atoms with Crippen LogP contribution < -0.4 is 0 Å². The van der Waals surface area contributed by atoms with E-state index < -0.39 is 23.5 Å². The van der Waals surface area contributed by atoms with Crippen LogP contribution in [-0.4, -0.2) is 11.1 Å². The number of carboxylic acids is 1. The van der Waals surface area contributed by atoms with Crippen molar-refractivity contribution in [1.82, 2.24) is 0 Å². The lowest BCUT2D eigenvalue weighted by Crippen LogP contribution is -2.04. The van der Waals surface area contributed by atoms with Crippen LogP contribution in [0, 0.1) is 5.82 Å². The van der Waals surface area contributed by atoms with Crippen LogP contribution in [0.1, 0.15) is 15.9 Å². The highest BCUT2D eigenvalue weighted by Crippen LogP contribution is 2.31. The van der Waals surface area contributed by atoms with Crippen molar-refractivity contribution in [3.8, 4) is 11.1 Å². The van der Waals surface area contributed by atoms with E-state index in [1.807, 2.05) is 0 Å². The minimum absolute atomic E-state index is 0.0451. The van der Waals surface area contributed by atoms with Gasteiger partial charge in [0.15, 0.2) is 0 Å². The van der Waals surface area contributed by atoms with Crippen LogP contribution in [0.4, 0.5) is 17.6 Å². The highest BCUT2D eigenvalue weighted by molar-refractivity contribution is 5.88. The zero-order chi connectivity index (χ0) is 14.9. The van der Waals surface area contributed by atoms with Gasteiger partial charge in [-0.3, -0.25) is 0 Å². The minimum Gasteiger partial charge on any atom is -0.478 e. The van der Waals surface area contributed by atoms with Crippen LogP contribution in [0.25, 0.3) is 11.1 Å². The molecule has 0 atom stereocenters. The van der Waals surface area contributed by atoms with Crippen LogP contribution in [0.15, 0.2) is 42.5 Å². The van der Waals surface area contributed by atoms with Crippen molar-refractivity contribution in [2.24, 2.45) is 0 Å². The second-order valence-electron chi connectivity index (χ2n) is 4.07. The van der Waals surface area contributed by atoms with Gasteiger partial charge < -0.3 is 5.11 Å². The molecule has 1 N–H and O–H groups in total. The van der Waals surface area contributed by atoms with Crippen LogP contribution in [-0.2, 0) is 6.18 Å². The van der Waals surface area contributed by atoms with Gasteiger partial charge in [0, 0.05) is 5.56 Å². The molecule has 0 bridgehead atoms. The summed E-state index contributed by atoms with van der Waals surface area (Å²) in [6.07, 6.45) is -4.45. The average molecular weight is 284 g/mol. The number of carbonyl (C=O) groups is 1. The lowest BCUT2D eigenvalue weighted by Gasteiger charge is -2.08. The first kappa shape index (κ1) is 14.0. The number of hydrogen-bond acceptors (Lipinski definition) is 1. The highest BCUT2D eigenvalue weighted by atomic mass is 19.4. The summed E-state index contributed by atoms with van der Waals surface area (Å²) in [7, 11) is 0. The third kappa shape index (κ3) is 2.79. The van der Waals surface area contributed by atoms with E-state index in [0.717, 1.165) is 30.3 Å². The zero-order valence-electron chi connectivity index (χ0n) is 9.91. The second kappa shape index (κ2) is 4.96. The molecular weight excluding hydrogens is 276 g/mol. The minimum atomic E-state index is -4.45. The molecule has 2 aromatic carbocycles. The average Bonchev–Trinajstić information content (AvgIpc) is 2.37. The van der Waals surface area contributed by atoms with Gasteiger partial charge in [-0.2, -0.15) is 13.2 Å². The van der Waals surface area contributed by atoms with Crippen LogP contribution in [0.5, 0.6) is 0 Å². The fourth-order valence-electron chi connectivity index (χ4n) is 1.72. The van der Waals surface area contributed by atoms with E-state index in [1.165, 1.54) is 12.1 Å². The van der Waals surface area contributed by atoms with E-state index in [4.69, 9.17) is 5.11 Å². The van der Waals surface area contributed by atoms with E-state index in [1.54, 1.807) is 0 Å². The van der Waals surface area contributed by atoms with E-state index in [9.17, 15) is 22.4 Å². The number of halogens is 4. The molecule has 20 heavy (non-hydrogen) atoms. The quantitative estimate of drug-likeness (QED) is 0.839. The first-order valence-corrected chi connectivity index (χ1v) is 5.49. The zero-order valence-corrected chi connectivity index (χ0v) is 9.91. The highest BCUT2D eigenvalue weighted by Gasteiger charge is 2.30. The molecular formula is C14H8F4O2. The maximum atomic E-state index is 13.7. The van der Waals surface area contributed by atoms with Gasteiger partial charge in [-0.25, -0.2) is 9.18 Å². The molecule has 0 heterocycles. The SMILES string of the molecule is O=C(O)c1ccc(-c2ccc(C(F)(F)F)cc2)c(F)c1. The third-order valence-corrected chi connectivity index (χ3v) is 2.74. The Morgan fingerprint density at radius 2 is 1.60 bits per heavy atom. The van der Waals surface area contributed by atoms with Crippen molar-refractivity contribution in [2.45, 2.75) is 6.18 Å². The Morgan fingerprint density at radius 3 is 2.05 bits per heavy atom. The van der Waals surface area contributed by atoms with Crippen molar-refractivity contribution < 1.29 is 27.5 Å². The molecule has 6 heteroatoms. The van der Waals surface area contributed by atoms with Crippen molar-refractivity contribution in [1.29, 1.82) is 0 Å². The molecule has 0 saturated heterocycles. The Bertz CT molecular complexity index is 645. The Hall–Kier alpha value is -2.37. The van der Waals surface area contributed by atoms with Crippen LogP contribution >= 0.6 is 0 Å². The Morgan fingerprint density at radius 1 is 1.00 bits per heavy atom. The molecule has 0 aliphatic heterocycles. The summed E-state index contributed by atoms with van der Waals surface area (Å²) in [4.78, 5) is 10.7. The predicted octanol–water partition coefficient (Wildman–Crippen LogP) is 4.21. The summed E-state index contributed by atoms with van der Waals surface area (Å²) in [5, 5.41) is 8.70. The third-order valence-electron chi connectivity index (χ3n) is 2.74. The largest absolute Gasteiger partial charge is 0.478 e. The summed E-state index contributed by atoms with van der Waals surface area (Å²) >= 11 is 0. The van der Waals surface area contributed by atoms with Crippen LogP contribution in [0.3, 0.4) is 0 Å². The predicted molar refractivity (Wildman–Crippen MR) is 63.8 cm³/mol. The summed E-state index contributed by atoms with van der Waals surface area (Å²) in [6.45, 7) is 0. The Kier molecular flexibility index (Phi) is 3.48. The fourth-order valence-corrected chi connectivity index (χ4v) is 1.72. The standard InChI is InChI=1S/C14H8F4O2/c15-12-7-9(13(19)20)3-6-11(12)8-1-4-10(5-2-8)14(16,17)18/h1-7H,(H,19,20). The van der Waals surface area contributed by atoms with Gasteiger partial charge in [-0.1, -0.05) is 18.2 Å². The van der Waals surface area contributed by atoms with E-state index >= 15 is 0 Å². The van der Waals surface area contributed by atoms with Crippen molar-refractivity contribution in [3.05, 3.63) is 59.4 Å². The topological polar surface area (TPSA) is 37.3 Å². The normalized spacial score (nSPS) is 11.4. The van der Waals surface area contributed by atoms with Gasteiger partial charge in [0.1, 0.15) is 5.82 Å². The lowest BCUT2D eigenvalue weighted by atomic mass is 10.0. The van der Waals surface area contributed by atoms with Gasteiger partial charge in [0.25, 0.3) is 0 Å². The van der Waals surface area contributed by atoms with E-state index in [-0.39, 0.29) is 16.7 Å². The van der Waals surface area contributed by atoms with Crippen molar-refractivity contribution in [3.63, 3.8) is 0 Å². The van der Waals surface area contributed by atoms with Crippen LogP contribution in [0.2, 0.25) is 0 Å². The maximum Gasteiger partial charge on any atom is 0.416 e. The molecule has 0 radical (unpaired) electrons. The fraction of sp³-hybridized carbons (Fsp3) is 0.0714. The summed E-state index contributed by atoms with van der Waals surface area (Å²) in [5.41, 5.74) is -0.766. The van der Waals surface area contributed by atoms with Crippen molar-refractivity contribution >= 4 is 5.97 Å². The molecule has 0 aliphatic rings. The van der Waals surface area contributed by atoms with Gasteiger partial charge in [0.2, 0.25) is 0 Å². The van der Waals surface area contributed by atoms with Gasteiger partial charge in [-0.15, -0.1) is 0 Å². The molecule has 0 aromatic heterocycles. The number of hydrogen-bond donors (Lipinski definition) is 1. The van der Waals surface area contributed by atoms with Gasteiger partial charge in [0.05, 0.1) is 11.1 Å². The van der Waals surface area contributed by atoms with Crippen molar-refractivity contribution in [2.75, 3.05) is 0 Å². The lowest BCUT2D eigenvalue weighted by molar-refractivity contribution is -0.137. The first-order chi connectivity index (χ1) is 9.29. The molecule has 0 fully saturated rings. The molecule has 0 amide bonds. The molecule has 104 valence electrons. The molecule has 0 aliphatic carbocycles. The summed E-state index contributed by atoms with van der Waals surface area (Å²) in [5.74, 6) is -2.08. The smallest absolute Gasteiger partial charge is 0.416 e. The monoisotopic (exact) mass is 284 g/mol. The Balaban J connectivity index is 2.40. The number of carboxylic acid groups (broad SMARTS) is 1. The molecule has 2 rings (SSSR count). The Labute approximate surface area is 111 Å². The number of rotatable bonds is 2. The first-order valence-electron chi connectivity index (χ1n) is 5.49. The van der Waals surface area contributed by atoms with Gasteiger partial charge in [-0.05, 0) is 29.8 Å². The van der Waals surface area contributed by atoms with E-state index in [2.05, 4.69) is 0 Å². The maximum absolute atomic E-state index is 13.7.